The number of carbonyl (C=O) groups excluding carboxylic acids is 3. The van der Waals surface area contributed by atoms with Crippen LogP contribution in [0.15, 0.2) is 48.5 Å². The summed E-state index contributed by atoms with van der Waals surface area (Å²) in [5.41, 5.74) is 2.24. The molecule has 4 rings (SSSR count). The SMILES string of the molecule is CCCOc1ccccc1C(=O)Nc1sc2c(c1C(=O)NCCOC(=O)c1ccccc1OCCC)CCC(C)C2. The lowest BCUT2D eigenvalue weighted by Gasteiger charge is -2.18. The maximum atomic E-state index is 13.5. The molecule has 1 aromatic heterocycles. The number of hydrogen-bond acceptors (Lipinski definition) is 7. The third-order valence-electron chi connectivity index (χ3n) is 6.75. The summed E-state index contributed by atoms with van der Waals surface area (Å²) < 4.78 is 16.9. The standard InChI is InChI=1S/C32H38N2O6S/c1-4-17-38-25-12-8-6-10-22(25)29(35)34-31-28(24-15-14-21(3)20-27(24)41-31)30(36)33-16-19-40-32(37)23-11-7-9-13-26(23)39-18-5-2/h6-13,21H,4-5,14-20H2,1-3H3,(H,33,36)(H,34,35). The summed E-state index contributed by atoms with van der Waals surface area (Å²) in [7, 11) is 0. The molecule has 2 amide bonds. The van der Waals surface area contributed by atoms with Gasteiger partial charge in [-0.3, -0.25) is 9.59 Å². The molecule has 3 aromatic rings. The van der Waals surface area contributed by atoms with E-state index >= 15 is 0 Å². The maximum Gasteiger partial charge on any atom is 0.341 e. The van der Waals surface area contributed by atoms with Crippen LogP contribution in [-0.2, 0) is 17.6 Å². The van der Waals surface area contributed by atoms with Crippen LogP contribution >= 0.6 is 11.3 Å². The number of benzene rings is 2. The van der Waals surface area contributed by atoms with E-state index in [0.29, 0.717) is 52.3 Å². The highest BCUT2D eigenvalue weighted by atomic mass is 32.1. The topological polar surface area (TPSA) is 103 Å². The Labute approximate surface area is 245 Å². The first-order valence-electron chi connectivity index (χ1n) is 14.3. The minimum atomic E-state index is -0.509. The van der Waals surface area contributed by atoms with Crippen LogP contribution in [0.4, 0.5) is 5.00 Å². The van der Waals surface area contributed by atoms with Gasteiger partial charge in [-0.1, -0.05) is 45.0 Å². The second-order valence-corrected chi connectivity index (χ2v) is 11.2. The van der Waals surface area contributed by atoms with Gasteiger partial charge in [0.25, 0.3) is 11.8 Å². The van der Waals surface area contributed by atoms with Crippen molar-refractivity contribution in [3.8, 4) is 11.5 Å². The van der Waals surface area contributed by atoms with Crippen LogP contribution in [0.5, 0.6) is 11.5 Å². The molecule has 0 bridgehead atoms. The monoisotopic (exact) mass is 578 g/mol. The highest BCUT2D eigenvalue weighted by Gasteiger charge is 2.29. The highest BCUT2D eigenvalue weighted by Crippen LogP contribution is 2.40. The van der Waals surface area contributed by atoms with Crippen LogP contribution in [0.3, 0.4) is 0 Å². The van der Waals surface area contributed by atoms with Crippen molar-refractivity contribution < 1.29 is 28.6 Å². The molecule has 8 nitrogen and oxygen atoms in total. The average molecular weight is 579 g/mol. The van der Waals surface area contributed by atoms with E-state index in [2.05, 4.69) is 17.6 Å². The Morgan fingerprint density at radius 1 is 0.878 bits per heavy atom. The summed E-state index contributed by atoms with van der Waals surface area (Å²) >= 11 is 1.46. The number of ether oxygens (including phenoxy) is 3. The Morgan fingerprint density at radius 3 is 2.20 bits per heavy atom. The summed E-state index contributed by atoms with van der Waals surface area (Å²) in [5.74, 6) is 0.360. The Balaban J connectivity index is 1.44. The summed E-state index contributed by atoms with van der Waals surface area (Å²) in [6.45, 7) is 7.33. The van der Waals surface area contributed by atoms with Gasteiger partial charge in [-0.05, 0) is 67.9 Å². The molecule has 0 fully saturated rings. The Morgan fingerprint density at radius 2 is 1.51 bits per heavy atom. The minimum absolute atomic E-state index is 0.000117. The van der Waals surface area contributed by atoms with Crippen molar-refractivity contribution in [3.63, 3.8) is 0 Å². The van der Waals surface area contributed by atoms with Gasteiger partial charge in [-0.15, -0.1) is 11.3 Å². The minimum Gasteiger partial charge on any atom is -0.493 e. The Hall–Kier alpha value is -3.85. The number of esters is 1. The number of hydrogen-bond donors (Lipinski definition) is 2. The smallest absolute Gasteiger partial charge is 0.341 e. The third kappa shape index (κ3) is 7.67. The third-order valence-corrected chi connectivity index (χ3v) is 7.92. The normalized spacial score (nSPS) is 14.1. The van der Waals surface area contributed by atoms with Crippen molar-refractivity contribution in [2.45, 2.75) is 52.9 Å². The highest BCUT2D eigenvalue weighted by molar-refractivity contribution is 7.17. The molecule has 0 spiro atoms. The van der Waals surface area contributed by atoms with E-state index in [1.54, 1.807) is 42.5 Å². The fourth-order valence-corrected chi connectivity index (χ4v) is 6.09. The predicted molar refractivity (Wildman–Crippen MR) is 161 cm³/mol. The van der Waals surface area contributed by atoms with Gasteiger partial charge in [-0.2, -0.15) is 0 Å². The maximum absolute atomic E-state index is 13.5. The first kappa shape index (κ1) is 30.1. The van der Waals surface area contributed by atoms with Crippen LogP contribution < -0.4 is 20.1 Å². The van der Waals surface area contributed by atoms with Gasteiger partial charge < -0.3 is 24.8 Å². The lowest BCUT2D eigenvalue weighted by molar-refractivity contribution is 0.0498. The molecule has 1 heterocycles. The van der Waals surface area contributed by atoms with E-state index < -0.39 is 5.97 Å². The summed E-state index contributed by atoms with van der Waals surface area (Å²) in [6.07, 6.45) is 4.25. The van der Waals surface area contributed by atoms with Crippen molar-refractivity contribution in [2.75, 3.05) is 31.7 Å². The summed E-state index contributed by atoms with van der Waals surface area (Å²) in [5, 5.41) is 6.39. The van der Waals surface area contributed by atoms with Gasteiger partial charge >= 0.3 is 5.97 Å². The lowest BCUT2D eigenvalue weighted by atomic mass is 9.88. The van der Waals surface area contributed by atoms with E-state index in [1.165, 1.54) is 11.3 Å². The second-order valence-electron chi connectivity index (χ2n) is 10.1. The summed E-state index contributed by atoms with van der Waals surface area (Å²) in [6, 6.07) is 14.1. The van der Waals surface area contributed by atoms with E-state index in [0.717, 1.165) is 42.5 Å². The number of thiophene rings is 1. The predicted octanol–water partition coefficient (Wildman–Crippen LogP) is 6.29. The van der Waals surface area contributed by atoms with E-state index in [4.69, 9.17) is 14.2 Å². The molecule has 0 saturated carbocycles. The summed E-state index contributed by atoms with van der Waals surface area (Å²) in [4.78, 5) is 40.6. The number of carbonyl (C=O) groups is 3. The zero-order valence-electron chi connectivity index (χ0n) is 23.9. The van der Waals surface area contributed by atoms with Crippen molar-refractivity contribution in [2.24, 2.45) is 5.92 Å². The number of fused-ring (bicyclic) bond motifs is 1. The number of para-hydroxylation sites is 2. The molecule has 1 atom stereocenters. The fraction of sp³-hybridized carbons (Fsp3) is 0.406. The zero-order chi connectivity index (χ0) is 29.2. The second kappa shape index (κ2) is 14.7. The van der Waals surface area contributed by atoms with Gasteiger partial charge in [-0.25, -0.2) is 4.79 Å². The average Bonchev–Trinajstić information content (AvgIpc) is 3.33. The molecular weight excluding hydrogens is 540 g/mol. The van der Waals surface area contributed by atoms with E-state index in [9.17, 15) is 14.4 Å². The van der Waals surface area contributed by atoms with E-state index in [-0.39, 0.29) is 25.0 Å². The number of rotatable bonds is 13. The van der Waals surface area contributed by atoms with Crippen LogP contribution in [0.25, 0.3) is 0 Å². The van der Waals surface area contributed by atoms with Gasteiger partial charge in [0, 0.05) is 4.88 Å². The molecule has 1 aliphatic rings. The first-order valence-corrected chi connectivity index (χ1v) is 15.1. The zero-order valence-corrected chi connectivity index (χ0v) is 24.7. The van der Waals surface area contributed by atoms with Crippen molar-refractivity contribution in [1.82, 2.24) is 5.32 Å². The quantitative estimate of drug-likeness (QED) is 0.183. The Kier molecular flexibility index (Phi) is 10.8. The van der Waals surface area contributed by atoms with Crippen molar-refractivity contribution in [3.05, 3.63) is 75.7 Å². The number of nitrogens with one attached hydrogen (secondary N) is 2. The van der Waals surface area contributed by atoms with Crippen LogP contribution in [-0.4, -0.2) is 44.1 Å². The number of amides is 2. The van der Waals surface area contributed by atoms with Gasteiger partial charge in [0.1, 0.15) is 28.7 Å². The molecular formula is C32H38N2O6S. The molecule has 0 saturated heterocycles. The molecule has 2 N–H and O–H groups in total. The largest absolute Gasteiger partial charge is 0.493 e. The van der Waals surface area contributed by atoms with Crippen LogP contribution in [0.2, 0.25) is 0 Å². The first-order chi connectivity index (χ1) is 19.9. The fourth-order valence-electron chi connectivity index (χ4n) is 4.69. The van der Waals surface area contributed by atoms with E-state index in [1.807, 2.05) is 19.9 Å². The molecule has 41 heavy (non-hydrogen) atoms. The van der Waals surface area contributed by atoms with Crippen LogP contribution in [0, 0.1) is 5.92 Å². The van der Waals surface area contributed by atoms with Crippen molar-refractivity contribution in [1.29, 1.82) is 0 Å². The number of anilines is 1. The Bertz CT molecular complexity index is 1370. The van der Waals surface area contributed by atoms with Crippen molar-refractivity contribution >= 4 is 34.1 Å². The van der Waals surface area contributed by atoms with Gasteiger partial charge in [0.2, 0.25) is 0 Å². The molecule has 0 radical (unpaired) electrons. The molecule has 0 aliphatic heterocycles. The molecule has 9 heteroatoms. The molecule has 1 aliphatic carbocycles. The molecule has 218 valence electrons. The van der Waals surface area contributed by atoms with Gasteiger partial charge in [0.15, 0.2) is 0 Å². The van der Waals surface area contributed by atoms with Gasteiger partial charge in [0.05, 0.1) is 30.9 Å². The molecule has 2 aromatic carbocycles. The lowest BCUT2D eigenvalue weighted by Crippen LogP contribution is -2.30. The van der Waals surface area contributed by atoms with Crippen LogP contribution in [0.1, 0.15) is 81.5 Å². The molecule has 1 unspecified atom stereocenters.